The molecular weight excluding hydrogens is 340 g/mol. The summed E-state index contributed by atoms with van der Waals surface area (Å²) < 4.78 is 11.0. The number of anilines is 1. The molecule has 6 nitrogen and oxygen atoms in total. The Bertz CT molecular complexity index is 592. The molecule has 1 unspecified atom stereocenters. The predicted octanol–water partition coefficient (Wildman–Crippen LogP) is 3.74. The summed E-state index contributed by atoms with van der Waals surface area (Å²) in [5.41, 5.74) is 0.922. The van der Waals surface area contributed by atoms with Crippen molar-refractivity contribution in [3.8, 4) is 11.5 Å². The van der Waals surface area contributed by atoms with Crippen molar-refractivity contribution >= 4 is 11.6 Å². The van der Waals surface area contributed by atoms with E-state index in [1.54, 1.807) is 14.2 Å². The summed E-state index contributed by atoms with van der Waals surface area (Å²) in [7, 11) is 3.44. The molecular formula is C21H36N4O2. The Morgan fingerprint density at radius 1 is 1.26 bits per heavy atom. The Kier molecular flexibility index (Phi) is 9.25. The zero-order valence-corrected chi connectivity index (χ0v) is 17.4. The fourth-order valence-electron chi connectivity index (χ4n) is 3.47. The number of nitrogens with one attached hydrogen (secondary N) is 2. The van der Waals surface area contributed by atoms with Crippen molar-refractivity contribution in [1.29, 1.82) is 0 Å². The highest BCUT2D eigenvalue weighted by atomic mass is 16.5. The average molecular weight is 377 g/mol. The van der Waals surface area contributed by atoms with Crippen LogP contribution >= 0.6 is 0 Å². The van der Waals surface area contributed by atoms with E-state index < -0.39 is 0 Å². The fraction of sp³-hybridized carbons (Fsp3) is 0.667. The maximum absolute atomic E-state index is 5.56. The summed E-state index contributed by atoms with van der Waals surface area (Å²) in [5.74, 6) is 2.24. The lowest BCUT2D eigenvalue weighted by molar-refractivity contribution is 0.158. The summed E-state index contributed by atoms with van der Waals surface area (Å²) >= 11 is 0. The number of rotatable bonds is 9. The van der Waals surface area contributed by atoms with Crippen LogP contribution in [0.4, 0.5) is 5.69 Å². The number of nitrogens with zero attached hydrogens (tertiary/aromatic N) is 2. The second kappa shape index (κ2) is 11.7. The van der Waals surface area contributed by atoms with Crippen molar-refractivity contribution in [2.45, 2.75) is 52.0 Å². The van der Waals surface area contributed by atoms with Crippen LogP contribution in [0.3, 0.4) is 0 Å². The van der Waals surface area contributed by atoms with Gasteiger partial charge >= 0.3 is 0 Å². The summed E-state index contributed by atoms with van der Waals surface area (Å²) in [6.07, 6.45) is 6.43. The smallest absolute Gasteiger partial charge is 0.195 e. The third kappa shape index (κ3) is 6.94. The molecule has 0 aromatic heterocycles. The van der Waals surface area contributed by atoms with Crippen LogP contribution in [0.15, 0.2) is 23.2 Å². The zero-order valence-electron chi connectivity index (χ0n) is 17.4. The van der Waals surface area contributed by atoms with Crippen LogP contribution in [0.5, 0.6) is 11.5 Å². The highest BCUT2D eigenvalue weighted by molar-refractivity contribution is 5.93. The van der Waals surface area contributed by atoms with Crippen molar-refractivity contribution in [3.63, 3.8) is 0 Å². The number of ether oxygens (including phenoxy) is 2. The Morgan fingerprint density at radius 2 is 2.11 bits per heavy atom. The molecule has 27 heavy (non-hydrogen) atoms. The van der Waals surface area contributed by atoms with Gasteiger partial charge in [0.1, 0.15) is 0 Å². The summed E-state index contributed by atoms with van der Waals surface area (Å²) in [6.45, 7) is 8.30. The Hall–Kier alpha value is -1.95. The normalized spacial score (nSPS) is 18.2. The molecule has 0 amide bonds. The van der Waals surface area contributed by atoms with Crippen LogP contribution in [-0.2, 0) is 0 Å². The highest BCUT2D eigenvalue weighted by Crippen LogP contribution is 2.30. The molecule has 1 aliphatic heterocycles. The van der Waals surface area contributed by atoms with Gasteiger partial charge in [0.2, 0.25) is 0 Å². The second-order valence-electron chi connectivity index (χ2n) is 7.01. The monoisotopic (exact) mass is 376 g/mol. The van der Waals surface area contributed by atoms with Gasteiger partial charge in [-0.05, 0) is 64.8 Å². The minimum Gasteiger partial charge on any atom is -0.493 e. The summed E-state index contributed by atoms with van der Waals surface area (Å²) in [5, 5.41) is 6.71. The lowest BCUT2D eigenvalue weighted by Crippen LogP contribution is -2.38. The van der Waals surface area contributed by atoms with Gasteiger partial charge in [-0.15, -0.1) is 0 Å². The molecule has 1 aromatic carbocycles. The minimum absolute atomic E-state index is 0.614. The van der Waals surface area contributed by atoms with E-state index in [-0.39, 0.29) is 0 Å². The Labute approximate surface area is 164 Å². The van der Waals surface area contributed by atoms with Crippen LogP contribution in [0.1, 0.15) is 46.0 Å². The molecule has 1 aliphatic rings. The average Bonchev–Trinajstić information content (AvgIpc) is 2.69. The molecule has 152 valence electrons. The van der Waals surface area contributed by atoms with Gasteiger partial charge in [-0.3, -0.25) is 4.99 Å². The van der Waals surface area contributed by atoms with Gasteiger partial charge in [-0.25, -0.2) is 0 Å². The first-order valence-corrected chi connectivity index (χ1v) is 10.2. The number of aliphatic imine (C=N–C) groups is 1. The molecule has 1 atom stereocenters. The number of benzene rings is 1. The molecule has 1 fully saturated rings. The second-order valence-corrected chi connectivity index (χ2v) is 7.01. The quantitative estimate of drug-likeness (QED) is 0.391. The molecule has 0 aliphatic carbocycles. The molecule has 0 radical (unpaired) electrons. The van der Waals surface area contributed by atoms with E-state index in [0.29, 0.717) is 12.4 Å². The fourth-order valence-corrected chi connectivity index (χ4v) is 3.47. The largest absolute Gasteiger partial charge is 0.493 e. The van der Waals surface area contributed by atoms with E-state index in [1.807, 2.05) is 25.1 Å². The maximum atomic E-state index is 5.56. The van der Waals surface area contributed by atoms with Crippen molar-refractivity contribution < 1.29 is 9.47 Å². The van der Waals surface area contributed by atoms with E-state index in [4.69, 9.17) is 9.47 Å². The van der Waals surface area contributed by atoms with E-state index in [2.05, 4.69) is 27.4 Å². The highest BCUT2D eigenvalue weighted by Gasteiger charge is 2.17. The van der Waals surface area contributed by atoms with Gasteiger partial charge in [-0.2, -0.15) is 0 Å². The molecule has 2 N–H and O–H groups in total. The zero-order chi connectivity index (χ0) is 19.5. The molecule has 6 heteroatoms. The predicted molar refractivity (Wildman–Crippen MR) is 113 cm³/mol. The molecule has 0 spiro atoms. The van der Waals surface area contributed by atoms with Crippen molar-refractivity contribution in [3.05, 3.63) is 18.2 Å². The first-order chi connectivity index (χ1) is 13.2. The van der Waals surface area contributed by atoms with Gasteiger partial charge in [0.15, 0.2) is 17.5 Å². The van der Waals surface area contributed by atoms with Gasteiger partial charge in [-0.1, -0.05) is 6.42 Å². The molecule has 0 saturated carbocycles. The lowest BCUT2D eigenvalue weighted by Gasteiger charge is -2.33. The summed E-state index contributed by atoms with van der Waals surface area (Å²) in [6, 6.07) is 6.56. The van der Waals surface area contributed by atoms with Crippen molar-refractivity contribution in [1.82, 2.24) is 10.2 Å². The Balaban J connectivity index is 1.74. The van der Waals surface area contributed by atoms with Crippen molar-refractivity contribution in [2.75, 3.05) is 45.7 Å². The number of piperidine rings is 1. The number of hydrogen-bond donors (Lipinski definition) is 2. The number of unbranched alkanes of at least 4 members (excludes halogenated alkanes) is 1. The minimum atomic E-state index is 0.614. The van der Waals surface area contributed by atoms with Crippen LogP contribution in [0, 0.1) is 0 Å². The standard InChI is InChI=1S/C21H36N4O2/c1-5-27-19-12-11-18(16-20(19)26-4)24-21(22-3)23-13-7-9-15-25-14-8-6-10-17(25)2/h11-12,16-17H,5-10,13-15H2,1-4H3,(H2,22,23,24). The van der Waals surface area contributed by atoms with Gasteiger partial charge < -0.3 is 25.0 Å². The first-order valence-electron chi connectivity index (χ1n) is 10.2. The summed E-state index contributed by atoms with van der Waals surface area (Å²) in [4.78, 5) is 6.94. The van der Waals surface area contributed by atoms with E-state index >= 15 is 0 Å². The number of methoxy groups -OCH3 is 1. The van der Waals surface area contributed by atoms with Crippen molar-refractivity contribution in [2.24, 2.45) is 4.99 Å². The number of guanidine groups is 1. The maximum Gasteiger partial charge on any atom is 0.195 e. The van der Waals surface area contributed by atoms with E-state index in [0.717, 1.165) is 36.4 Å². The molecule has 1 aromatic rings. The third-order valence-electron chi connectivity index (χ3n) is 5.05. The SMILES string of the molecule is CCOc1ccc(NC(=NC)NCCCCN2CCCCC2C)cc1OC. The number of hydrogen-bond acceptors (Lipinski definition) is 4. The topological polar surface area (TPSA) is 58.1 Å². The van der Waals surface area contributed by atoms with Crippen LogP contribution < -0.4 is 20.1 Å². The van der Waals surface area contributed by atoms with Gasteiger partial charge in [0, 0.05) is 31.4 Å². The van der Waals surface area contributed by atoms with Gasteiger partial charge in [0.25, 0.3) is 0 Å². The Morgan fingerprint density at radius 3 is 2.81 bits per heavy atom. The van der Waals surface area contributed by atoms with Crippen LogP contribution in [0.25, 0.3) is 0 Å². The molecule has 2 rings (SSSR count). The number of likely N-dealkylation sites (tertiary alicyclic amines) is 1. The van der Waals surface area contributed by atoms with Gasteiger partial charge in [0.05, 0.1) is 13.7 Å². The molecule has 0 bridgehead atoms. The first kappa shape index (κ1) is 21.4. The van der Waals surface area contributed by atoms with Crippen LogP contribution in [0.2, 0.25) is 0 Å². The van der Waals surface area contributed by atoms with Crippen LogP contribution in [-0.4, -0.2) is 57.3 Å². The molecule has 1 saturated heterocycles. The van der Waals surface area contributed by atoms with E-state index in [9.17, 15) is 0 Å². The lowest BCUT2D eigenvalue weighted by atomic mass is 10.0. The molecule has 1 heterocycles. The van der Waals surface area contributed by atoms with E-state index in [1.165, 1.54) is 38.8 Å². The third-order valence-corrected chi connectivity index (χ3v) is 5.05.